The van der Waals surface area contributed by atoms with Crippen LogP contribution in [0.25, 0.3) is 0 Å². The van der Waals surface area contributed by atoms with Crippen molar-refractivity contribution in [3.8, 4) is 17.2 Å². The summed E-state index contributed by atoms with van der Waals surface area (Å²) < 4.78 is 19.6. The van der Waals surface area contributed by atoms with Gasteiger partial charge in [0.05, 0.1) is 17.1 Å². The predicted octanol–water partition coefficient (Wildman–Crippen LogP) is 4.62. The molecule has 0 fully saturated rings. The van der Waals surface area contributed by atoms with E-state index in [1.807, 2.05) is 20.8 Å². The summed E-state index contributed by atoms with van der Waals surface area (Å²) in [6.07, 6.45) is 0. The second-order valence-corrected chi connectivity index (χ2v) is 7.46. The predicted molar refractivity (Wildman–Crippen MR) is 108 cm³/mol. The molecule has 0 saturated heterocycles. The molecular formula is C17H22ClN2O7P. The lowest BCUT2D eigenvalue weighted by molar-refractivity contribution is -0.384. The fourth-order valence-corrected chi connectivity index (χ4v) is 2.34. The fourth-order valence-electron chi connectivity index (χ4n) is 2.09. The molecule has 0 aliphatic rings. The van der Waals surface area contributed by atoms with Gasteiger partial charge in [-0.15, -0.1) is 0 Å². The van der Waals surface area contributed by atoms with E-state index in [4.69, 9.17) is 35.4 Å². The minimum atomic E-state index is -3.13. The molecule has 0 radical (unpaired) electrons. The second kappa shape index (κ2) is 10.3. The molecule has 2 aromatic rings. The number of benzene rings is 2. The van der Waals surface area contributed by atoms with E-state index in [1.54, 1.807) is 30.3 Å². The standard InChI is InChI=1S/C17H19ClN2O4.H3O3P/c1-17(2,3)19-14-10-12(5-7-15(14)20(21)22)24-11-6-8-16(23-4)13(18)9-11;1-4(2)3/h5-10,19H,1-4H3;4H,(H2,1,2,3). The minimum absolute atomic E-state index is 0.00922. The van der Waals surface area contributed by atoms with E-state index >= 15 is 0 Å². The van der Waals surface area contributed by atoms with Gasteiger partial charge in [0.15, 0.2) is 0 Å². The van der Waals surface area contributed by atoms with Gasteiger partial charge in [-0.25, -0.2) is 0 Å². The Labute approximate surface area is 168 Å². The maximum atomic E-state index is 11.2. The van der Waals surface area contributed by atoms with Crippen molar-refractivity contribution in [2.45, 2.75) is 26.3 Å². The zero-order valence-electron chi connectivity index (χ0n) is 15.7. The highest BCUT2D eigenvalue weighted by atomic mass is 35.5. The number of methoxy groups -OCH3 is 1. The number of nitrogens with zero attached hydrogens (tertiary/aromatic N) is 1. The van der Waals surface area contributed by atoms with E-state index in [-0.39, 0.29) is 11.2 Å². The smallest absolute Gasteiger partial charge is 0.314 e. The van der Waals surface area contributed by atoms with Gasteiger partial charge in [0.2, 0.25) is 0 Å². The lowest BCUT2D eigenvalue weighted by Crippen LogP contribution is -2.26. The van der Waals surface area contributed by atoms with Gasteiger partial charge in [-0.1, -0.05) is 11.6 Å². The van der Waals surface area contributed by atoms with E-state index < -0.39 is 13.2 Å². The van der Waals surface area contributed by atoms with Crippen LogP contribution in [-0.2, 0) is 4.57 Å². The van der Waals surface area contributed by atoms with Crippen molar-refractivity contribution < 1.29 is 28.7 Å². The number of nitro groups is 1. The molecule has 0 unspecified atom stereocenters. The third-order valence-corrected chi connectivity index (χ3v) is 3.33. The number of nitrogens with one attached hydrogen (secondary N) is 1. The number of halogens is 1. The number of rotatable bonds is 5. The molecule has 9 nitrogen and oxygen atoms in total. The molecule has 154 valence electrons. The number of nitro benzene ring substituents is 1. The molecular weight excluding hydrogens is 411 g/mol. The molecule has 0 bridgehead atoms. The number of hydrogen-bond acceptors (Lipinski definition) is 6. The Kier molecular flexibility index (Phi) is 8.71. The van der Waals surface area contributed by atoms with Crippen molar-refractivity contribution in [3.63, 3.8) is 0 Å². The Morgan fingerprint density at radius 2 is 1.68 bits per heavy atom. The van der Waals surface area contributed by atoms with Crippen molar-refractivity contribution in [1.29, 1.82) is 0 Å². The van der Waals surface area contributed by atoms with E-state index in [0.717, 1.165) is 0 Å². The van der Waals surface area contributed by atoms with Gasteiger partial charge in [0.1, 0.15) is 22.9 Å². The maximum absolute atomic E-state index is 11.2. The Morgan fingerprint density at radius 3 is 2.14 bits per heavy atom. The zero-order valence-corrected chi connectivity index (χ0v) is 17.5. The van der Waals surface area contributed by atoms with Gasteiger partial charge in [0.25, 0.3) is 5.69 Å². The second-order valence-electron chi connectivity index (χ2n) is 6.49. The lowest BCUT2D eigenvalue weighted by Gasteiger charge is -2.22. The van der Waals surface area contributed by atoms with E-state index in [2.05, 4.69) is 5.32 Å². The minimum Gasteiger partial charge on any atom is -0.495 e. The van der Waals surface area contributed by atoms with Gasteiger partial charge >= 0.3 is 8.25 Å². The van der Waals surface area contributed by atoms with Crippen LogP contribution in [0.4, 0.5) is 11.4 Å². The van der Waals surface area contributed by atoms with Gasteiger partial charge in [-0.05, 0) is 39.0 Å². The van der Waals surface area contributed by atoms with Crippen LogP contribution in [0.15, 0.2) is 36.4 Å². The van der Waals surface area contributed by atoms with Crippen molar-refractivity contribution in [2.24, 2.45) is 0 Å². The van der Waals surface area contributed by atoms with Gasteiger partial charge in [-0.2, -0.15) is 0 Å². The van der Waals surface area contributed by atoms with E-state index in [1.165, 1.54) is 13.2 Å². The van der Waals surface area contributed by atoms with Gasteiger partial charge in [0, 0.05) is 23.7 Å². The van der Waals surface area contributed by atoms with Crippen molar-refractivity contribution >= 4 is 31.2 Å². The molecule has 11 heteroatoms. The van der Waals surface area contributed by atoms with Crippen molar-refractivity contribution in [3.05, 3.63) is 51.5 Å². The Morgan fingerprint density at radius 1 is 1.14 bits per heavy atom. The van der Waals surface area contributed by atoms with Gasteiger partial charge < -0.3 is 24.6 Å². The normalized spacial score (nSPS) is 10.7. The van der Waals surface area contributed by atoms with Crippen LogP contribution < -0.4 is 14.8 Å². The molecule has 0 heterocycles. The quantitative estimate of drug-likeness (QED) is 0.354. The summed E-state index contributed by atoms with van der Waals surface area (Å²) in [6, 6.07) is 9.58. The molecule has 3 N–H and O–H groups in total. The Bertz CT molecular complexity index is 852. The summed E-state index contributed by atoms with van der Waals surface area (Å²) in [5.41, 5.74) is 0.0573. The van der Waals surface area contributed by atoms with Crippen LogP contribution in [0.1, 0.15) is 20.8 Å². The van der Waals surface area contributed by atoms with Crippen LogP contribution in [0.2, 0.25) is 5.02 Å². The first-order chi connectivity index (χ1) is 12.9. The molecule has 0 aliphatic carbocycles. The largest absolute Gasteiger partial charge is 0.495 e. The summed E-state index contributed by atoms with van der Waals surface area (Å²) >= 11 is 6.07. The molecule has 2 rings (SSSR count). The average Bonchev–Trinajstić information content (AvgIpc) is 2.53. The highest BCUT2D eigenvalue weighted by Gasteiger charge is 2.19. The SMILES string of the molecule is COc1ccc(Oc2ccc([N+](=O)[O-])c(NC(C)(C)C)c2)cc1Cl.O=[PH](O)O. The highest BCUT2D eigenvalue weighted by Crippen LogP contribution is 2.35. The zero-order chi connectivity index (χ0) is 21.5. The van der Waals surface area contributed by atoms with Crippen LogP contribution in [0, 0.1) is 10.1 Å². The third kappa shape index (κ3) is 8.14. The molecule has 0 aromatic heterocycles. The van der Waals surface area contributed by atoms with Crippen LogP contribution >= 0.6 is 19.9 Å². The number of ether oxygens (including phenoxy) is 2. The van der Waals surface area contributed by atoms with E-state index in [9.17, 15) is 10.1 Å². The molecule has 2 aromatic carbocycles. The van der Waals surface area contributed by atoms with Crippen LogP contribution in [0.5, 0.6) is 17.2 Å². The van der Waals surface area contributed by atoms with Gasteiger partial charge in [-0.3, -0.25) is 14.7 Å². The first-order valence-corrected chi connectivity index (χ1v) is 9.61. The van der Waals surface area contributed by atoms with Crippen LogP contribution in [0.3, 0.4) is 0 Å². The van der Waals surface area contributed by atoms with Crippen LogP contribution in [-0.4, -0.2) is 27.4 Å². The average molecular weight is 433 g/mol. The summed E-state index contributed by atoms with van der Waals surface area (Å²) in [7, 11) is -1.60. The summed E-state index contributed by atoms with van der Waals surface area (Å²) in [5.74, 6) is 1.52. The highest BCUT2D eigenvalue weighted by molar-refractivity contribution is 7.30. The topological polar surface area (TPSA) is 131 Å². The first kappa shape index (κ1) is 23.7. The molecule has 28 heavy (non-hydrogen) atoms. The molecule has 0 saturated carbocycles. The summed E-state index contributed by atoms with van der Waals surface area (Å²) in [5, 5.41) is 14.7. The Hall–Kier alpha value is -2.32. The first-order valence-electron chi connectivity index (χ1n) is 7.93. The summed E-state index contributed by atoms with van der Waals surface area (Å²) in [4.78, 5) is 25.1. The number of hydrogen-bond donors (Lipinski definition) is 3. The third-order valence-electron chi connectivity index (χ3n) is 3.03. The fraction of sp³-hybridized carbons (Fsp3) is 0.294. The number of anilines is 1. The van der Waals surface area contributed by atoms with E-state index in [0.29, 0.717) is 28.0 Å². The van der Waals surface area contributed by atoms with Crippen molar-refractivity contribution in [1.82, 2.24) is 0 Å². The monoisotopic (exact) mass is 432 g/mol. The molecule has 0 atom stereocenters. The Balaban J connectivity index is 0.000000892. The molecule has 0 amide bonds. The molecule has 0 aliphatic heterocycles. The van der Waals surface area contributed by atoms with Crippen molar-refractivity contribution in [2.75, 3.05) is 12.4 Å². The molecule has 0 spiro atoms. The maximum Gasteiger partial charge on any atom is 0.314 e. The lowest BCUT2D eigenvalue weighted by atomic mass is 10.1. The summed E-state index contributed by atoms with van der Waals surface area (Å²) in [6.45, 7) is 5.77.